The first-order valence-corrected chi connectivity index (χ1v) is 8.27. The molecule has 4 nitrogen and oxygen atoms in total. The van der Waals surface area contributed by atoms with Crippen LogP contribution in [0.1, 0.15) is 27.7 Å². The van der Waals surface area contributed by atoms with Gasteiger partial charge in [0.15, 0.2) is 11.5 Å². The molecule has 3 aromatic rings. The van der Waals surface area contributed by atoms with Crippen molar-refractivity contribution < 1.29 is 9.47 Å². The van der Waals surface area contributed by atoms with Crippen LogP contribution in [0.5, 0.6) is 11.5 Å². The lowest BCUT2D eigenvalue weighted by molar-refractivity contribution is 0.199. The monoisotopic (exact) mass is 325 g/mol. The first-order valence-electron chi connectivity index (χ1n) is 8.27. The van der Waals surface area contributed by atoms with Crippen LogP contribution < -0.4 is 14.9 Å². The highest BCUT2D eigenvalue weighted by Crippen LogP contribution is 2.33. The molecule has 0 spiro atoms. The van der Waals surface area contributed by atoms with E-state index in [2.05, 4.69) is 0 Å². The highest BCUT2D eigenvalue weighted by molar-refractivity contribution is 6.08. The van der Waals surface area contributed by atoms with E-state index in [1.807, 2.05) is 69.6 Å². The summed E-state index contributed by atoms with van der Waals surface area (Å²) in [7, 11) is 1.91. The minimum Gasteiger partial charge on any atom is -0.487 e. The molecule has 4 heteroatoms. The number of nitrogens with zero attached hydrogens (tertiary/aromatic N) is 1. The van der Waals surface area contributed by atoms with Gasteiger partial charge in [0.25, 0.3) is 0 Å². The molecule has 0 aliphatic heterocycles. The Kier molecular flexibility index (Phi) is 4.22. The Bertz CT molecular complexity index is 954. The van der Waals surface area contributed by atoms with Gasteiger partial charge in [-0.25, -0.2) is 0 Å². The van der Waals surface area contributed by atoms with Crippen molar-refractivity contribution in [3.05, 3.63) is 46.6 Å². The molecule has 0 unspecified atom stereocenters. The number of hydrogen-bond acceptors (Lipinski definition) is 3. The second-order valence-electron chi connectivity index (χ2n) is 6.55. The van der Waals surface area contributed by atoms with E-state index in [0.717, 1.165) is 16.3 Å². The largest absolute Gasteiger partial charge is 0.487 e. The van der Waals surface area contributed by atoms with Gasteiger partial charge in [-0.05, 0) is 39.8 Å². The molecule has 0 bridgehead atoms. The van der Waals surface area contributed by atoms with E-state index in [9.17, 15) is 4.79 Å². The molecule has 0 N–H and O–H groups in total. The topological polar surface area (TPSA) is 40.5 Å². The fourth-order valence-electron chi connectivity index (χ4n) is 3.02. The van der Waals surface area contributed by atoms with Crippen molar-refractivity contribution in [1.29, 1.82) is 0 Å². The van der Waals surface area contributed by atoms with Crippen LogP contribution in [-0.4, -0.2) is 16.8 Å². The second-order valence-corrected chi connectivity index (χ2v) is 6.55. The number of aryl methyl sites for hydroxylation is 1. The predicted octanol–water partition coefficient (Wildman–Crippen LogP) is 4.27. The lowest BCUT2D eigenvalue weighted by Gasteiger charge is -2.15. The van der Waals surface area contributed by atoms with Crippen LogP contribution in [0.4, 0.5) is 0 Å². The first kappa shape index (κ1) is 16.4. The minimum atomic E-state index is -0.0713. The molecule has 24 heavy (non-hydrogen) atoms. The van der Waals surface area contributed by atoms with Gasteiger partial charge < -0.3 is 14.0 Å². The molecule has 0 fully saturated rings. The van der Waals surface area contributed by atoms with Crippen molar-refractivity contribution >= 4 is 21.8 Å². The van der Waals surface area contributed by atoms with Crippen LogP contribution >= 0.6 is 0 Å². The zero-order valence-corrected chi connectivity index (χ0v) is 14.8. The summed E-state index contributed by atoms with van der Waals surface area (Å²) in [5, 5.41) is 1.92. The molecule has 1 aromatic heterocycles. The van der Waals surface area contributed by atoms with Crippen molar-refractivity contribution in [3.8, 4) is 11.5 Å². The Balaban J connectivity index is 2.43. The van der Waals surface area contributed by atoms with Gasteiger partial charge in [-0.2, -0.15) is 0 Å². The Hall–Kier alpha value is -2.49. The second kappa shape index (κ2) is 6.19. The lowest BCUT2D eigenvalue weighted by Crippen LogP contribution is -2.11. The summed E-state index contributed by atoms with van der Waals surface area (Å²) in [6.07, 6.45) is -0.0526. The summed E-state index contributed by atoms with van der Waals surface area (Å²) in [5.74, 6) is 1.09. The first-order chi connectivity index (χ1) is 11.4. The Morgan fingerprint density at radius 3 is 2.08 bits per heavy atom. The quantitative estimate of drug-likeness (QED) is 0.719. The summed E-state index contributed by atoms with van der Waals surface area (Å²) >= 11 is 0. The molecule has 3 rings (SSSR count). The van der Waals surface area contributed by atoms with Gasteiger partial charge in [-0.3, -0.25) is 4.79 Å². The number of para-hydroxylation sites is 1. The van der Waals surface area contributed by atoms with Crippen molar-refractivity contribution in [2.24, 2.45) is 7.05 Å². The predicted molar refractivity (Wildman–Crippen MR) is 98.2 cm³/mol. The van der Waals surface area contributed by atoms with Crippen LogP contribution in [0.3, 0.4) is 0 Å². The summed E-state index contributed by atoms with van der Waals surface area (Å²) in [6, 6.07) is 11.5. The molecule has 0 amide bonds. The third-order valence-electron chi connectivity index (χ3n) is 3.89. The van der Waals surface area contributed by atoms with Crippen molar-refractivity contribution in [3.63, 3.8) is 0 Å². The van der Waals surface area contributed by atoms with Crippen molar-refractivity contribution in [1.82, 2.24) is 4.57 Å². The molecule has 0 saturated carbocycles. The molecule has 0 saturated heterocycles. The number of fused-ring (bicyclic) bond motifs is 3. The molecule has 0 radical (unpaired) electrons. The zero-order chi connectivity index (χ0) is 17.4. The van der Waals surface area contributed by atoms with Gasteiger partial charge in [0, 0.05) is 29.4 Å². The van der Waals surface area contributed by atoms with E-state index in [-0.39, 0.29) is 17.6 Å². The van der Waals surface area contributed by atoms with Gasteiger partial charge in [-0.15, -0.1) is 0 Å². The van der Waals surface area contributed by atoms with Gasteiger partial charge in [0.05, 0.1) is 17.7 Å². The van der Waals surface area contributed by atoms with Gasteiger partial charge in [-0.1, -0.05) is 18.2 Å². The fourth-order valence-corrected chi connectivity index (χ4v) is 3.02. The van der Waals surface area contributed by atoms with Gasteiger partial charge in [0.1, 0.15) is 0 Å². The van der Waals surface area contributed by atoms with Crippen LogP contribution in [0.25, 0.3) is 21.8 Å². The van der Waals surface area contributed by atoms with Crippen LogP contribution in [0, 0.1) is 0 Å². The molecule has 0 atom stereocenters. The molecule has 0 aliphatic rings. The average molecular weight is 325 g/mol. The normalized spacial score (nSPS) is 11.6. The number of benzene rings is 1. The fraction of sp³-hybridized carbons (Fsp3) is 0.350. The molecule has 0 aliphatic carbocycles. The standard InChI is InChI=1S/C20H23NO3/c1-12(2)23-18-10-15-14-8-6-7-9-16(14)21(5)20(15)17(22)11-19(18)24-13(3)4/h6-13H,1-5H3. The van der Waals surface area contributed by atoms with E-state index < -0.39 is 0 Å². The maximum absolute atomic E-state index is 12.9. The Morgan fingerprint density at radius 1 is 0.875 bits per heavy atom. The number of aromatic nitrogens is 1. The SMILES string of the molecule is CC(C)Oc1cc(=O)c2c(cc1OC(C)C)c1ccccc1n2C. The highest BCUT2D eigenvalue weighted by Gasteiger charge is 2.16. The summed E-state index contributed by atoms with van der Waals surface area (Å²) in [5.41, 5.74) is 1.61. The molecular formula is C20H23NO3. The zero-order valence-electron chi connectivity index (χ0n) is 14.8. The van der Waals surface area contributed by atoms with Gasteiger partial charge >= 0.3 is 0 Å². The third kappa shape index (κ3) is 2.84. The van der Waals surface area contributed by atoms with E-state index >= 15 is 0 Å². The molecular weight excluding hydrogens is 302 g/mol. The van der Waals surface area contributed by atoms with Crippen LogP contribution in [0.15, 0.2) is 41.2 Å². The lowest BCUT2D eigenvalue weighted by atomic mass is 10.2. The third-order valence-corrected chi connectivity index (χ3v) is 3.89. The average Bonchev–Trinajstić information content (AvgIpc) is 2.70. The summed E-state index contributed by atoms with van der Waals surface area (Å²) in [6.45, 7) is 7.80. The molecule has 1 heterocycles. The number of rotatable bonds is 4. The van der Waals surface area contributed by atoms with Crippen molar-refractivity contribution in [2.45, 2.75) is 39.9 Å². The van der Waals surface area contributed by atoms with Crippen LogP contribution in [-0.2, 0) is 7.05 Å². The maximum Gasteiger partial charge on any atom is 0.206 e. The Morgan fingerprint density at radius 2 is 1.46 bits per heavy atom. The summed E-state index contributed by atoms with van der Waals surface area (Å²) < 4.78 is 13.7. The highest BCUT2D eigenvalue weighted by atomic mass is 16.5. The Labute approximate surface area is 141 Å². The number of ether oxygens (including phenoxy) is 2. The van der Waals surface area contributed by atoms with E-state index in [0.29, 0.717) is 17.0 Å². The van der Waals surface area contributed by atoms with Crippen molar-refractivity contribution in [2.75, 3.05) is 0 Å². The van der Waals surface area contributed by atoms with E-state index in [1.165, 1.54) is 0 Å². The molecule has 126 valence electrons. The number of hydrogen-bond donors (Lipinski definition) is 0. The molecule has 2 aromatic carbocycles. The smallest absolute Gasteiger partial charge is 0.206 e. The summed E-state index contributed by atoms with van der Waals surface area (Å²) in [4.78, 5) is 12.9. The maximum atomic E-state index is 12.9. The van der Waals surface area contributed by atoms with Crippen LogP contribution in [0.2, 0.25) is 0 Å². The van der Waals surface area contributed by atoms with E-state index in [4.69, 9.17) is 9.47 Å². The minimum absolute atomic E-state index is 0.0120. The van der Waals surface area contributed by atoms with E-state index in [1.54, 1.807) is 6.07 Å². The van der Waals surface area contributed by atoms with Gasteiger partial charge in [0.2, 0.25) is 5.43 Å².